The van der Waals surface area contributed by atoms with Gasteiger partial charge in [0.1, 0.15) is 5.65 Å². The number of aromatic amines is 1. The summed E-state index contributed by atoms with van der Waals surface area (Å²) < 4.78 is 1.89. The largest absolute Gasteiger partial charge is 0.369 e. The van der Waals surface area contributed by atoms with Gasteiger partial charge in [0.2, 0.25) is 5.91 Å². The topological polar surface area (TPSA) is 82.1 Å². The number of amides is 1. The molecule has 44 heavy (non-hydrogen) atoms. The minimum Gasteiger partial charge on any atom is -0.369 e. The van der Waals surface area contributed by atoms with Crippen LogP contribution in [0.2, 0.25) is 0 Å². The van der Waals surface area contributed by atoms with Gasteiger partial charge in [-0.2, -0.15) is 5.10 Å². The third-order valence-corrected chi connectivity index (χ3v) is 9.46. The number of carbonyl (C=O) groups is 1. The molecule has 1 aliphatic heterocycles. The van der Waals surface area contributed by atoms with Crippen LogP contribution in [0.4, 0.5) is 11.4 Å². The van der Waals surface area contributed by atoms with Crippen molar-refractivity contribution in [3.8, 4) is 33.5 Å². The Morgan fingerprint density at radius 1 is 0.977 bits per heavy atom. The summed E-state index contributed by atoms with van der Waals surface area (Å²) in [6.07, 6.45) is 5.17. The Balaban J connectivity index is 1.56. The van der Waals surface area contributed by atoms with Gasteiger partial charge in [0.25, 0.3) is 0 Å². The number of hydrogen-bond donors (Lipinski definition) is 2. The number of hydrogen-bond acceptors (Lipinski definition) is 5. The zero-order valence-corrected chi connectivity index (χ0v) is 26.7. The fourth-order valence-electron chi connectivity index (χ4n) is 6.44. The second kappa shape index (κ2) is 11.4. The Morgan fingerprint density at radius 3 is 2.39 bits per heavy atom. The van der Waals surface area contributed by atoms with Crippen molar-refractivity contribution >= 4 is 28.3 Å². The molecule has 0 spiro atoms. The number of carbonyl (C=O) groups excluding carboxylic acids is 1. The van der Waals surface area contributed by atoms with Crippen LogP contribution in [-0.4, -0.2) is 63.3 Å². The summed E-state index contributed by atoms with van der Waals surface area (Å²) >= 11 is 0. The maximum absolute atomic E-state index is 12.4. The number of anilines is 2. The predicted octanol–water partition coefficient (Wildman–Crippen LogP) is 6.80. The van der Waals surface area contributed by atoms with E-state index in [1.54, 1.807) is 0 Å². The van der Waals surface area contributed by atoms with Crippen molar-refractivity contribution < 1.29 is 4.79 Å². The molecule has 8 heteroatoms. The molecule has 3 aromatic heterocycles. The SMILES string of the molecule is C=CC(=O)Nc1c(C)ccc(-c2c(-c3ccc(N4CCN(C)[C@@H](C)C4)cc3)[nH]c3ncc(-c4cnn(C)c4C)c(C)c23)c1C. The van der Waals surface area contributed by atoms with Gasteiger partial charge >= 0.3 is 0 Å². The maximum atomic E-state index is 12.4. The molecule has 1 atom stereocenters. The monoisotopic (exact) mass is 587 g/mol. The van der Waals surface area contributed by atoms with E-state index in [1.807, 2.05) is 31.0 Å². The Labute approximate surface area is 259 Å². The van der Waals surface area contributed by atoms with Gasteiger partial charge in [0, 0.05) is 78.1 Å². The highest BCUT2D eigenvalue weighted by Gasteiger charge is 2.25. The number of piperazine rings is 1. The summed E-state index contributed by atoms with van der Waals surface area (Å²) in [5, 5.41) is 8.61. The van der Waals surface area contributed by atoms with Gasteiger partial charge < -0.3 is 20.1 Å². The summed E-state index contributed by atoms with van der Waals surface area (Å²) in [5.41, 5.74) is 13.4. The van der Waals surface area contributed by atoms with Crippen molar-refractivity contribution in [2.24, 2.45) is 7.05 Å². The summed E-state index contributed by atoms with van der Waals surface area (Å²) in [5.74, 6) is -0.228. The zero-order chi connectivity index (χ0) is 31.3. The molecule has 4 heterocycles. The normalized spacial score (nSPS) is 15.6. The van der Waals surface area contributed by atoms with Crippen molar-refractivity contribution in [2.45, 2.75) is 40.7 Å². The van der Waals surface area contributed by atoms with E-state index in [0.29, 0.717) is 6.04 Å². The molecule has 2 aromatic carbocycles. The van der Waals surface area contributed by atoms with E-state index in [1.165, 1.54) is 11.8 Å². The number of pyridine rings is 1. The molecule has 1 saturated heterocycles. The molecule has 0 saturated carbocycles. The molecular weight excluding hydrogens is 546 g/mol. The lowest BCUT2D eigenvalue weighted by Crippen LogP contribution is -2.50. The van der Waals surface area contributed by atoms with Crippen LogP contribution in [0.25, 0.3) is 44.5 Å². The maximum Gasteiger partial charge on any atom is 0.247 e. The highest BCUT2D eigenvalue weighted by atomic mass is 16.1. The molecule has 5 aromatic rings. The third-order valence-electron chi connectivity index (χ3n) is 9.46. The van der Waals surface area contributed by atoms with Crippen molar-refractivity contribution in [1.82, 2.24) is 24.6 Å². The minimum absolute atomic E-state index is 0.228. The minimum atomic E-state index is -0.228. The Bertz CT molecular complexity index is 1900. The Hall–Kier alpha value is -4.69. The van der Waals surface area contributed by atoms with Gasteiger partial charge in [-0.15, -0.1) is 0 Å². The average molecular weight is 588 g/mol. The fraction of sp³-hybridized carbons (Fsp3) is 0.306. The lowest BCUT2D eigenvalue weighted by atomic mass is 9.90. The number of H-pyrrole nitrogens is 1. The molecule has 1 aliphatic rings. The van der Waals surface area contributed by atoms with Crippen LogP contribution >= 0.6 is 0 Å². The van der Waals surface area contributed by atoms with Crippen molar-refractivity contribution in [3.05, 3.63) is 83.8 Å². The van der Waals surface area contributed by atoms with E-state index in [2.05, 4.69) is 103 Å². The number of nitrogens with one attached hydrogen (secondary N) is 2. The first-order chi connectivity index (χ1) is 21.1. The quantitative estimate of drug-likeness (QED) is 0.214. The number of likely N-dealkylation sites (N-methyl/N-ethyl adjacent to an activating group) is 1. The molecule has 8 nitrogen and oxygen atoms in total. The number of aryl methyl sites for hydroxylation is 3. The predicted molar refractivity (Wildman–Crippen MR) is 181 cm³/mol. The van der Waals surface area contributed by atoms with Crippen LogP contribution in [0, 0.1) is 27.7 Å². The molecule has 0 radical (unpaired) electrons. The van der Waals surface area contributed by atoms with Crippen LogP contribution in [0.5, 0.6) is 0 Å². The lowest BCUT2D eigenvalue weighted by molar-refractivity contribution is -0.111. The van der Waals surface area contributed by atoms with Gasteiger partial charge in [-0.25, -0.2) is 4.98 Å². The number of benzene rings is 2. The summed E-state index contributed by atoms with van der Waals surface area (Å²) in [6.45, 7) is 17.3. The van der Waals surface area contributed by atoms with E-state index in [-0.39, 0.29) is 5.91 Å². The van der Waals surface area contributed by atoms with E-state index < -0.39 is 0 Å². The molecule has 2 N–H and O–H groups in total. The first-order valence-corrected chi connectivity index (χ1v) is 15.2. The van der Waals surface area contributed by atoms with Gasteiger partial charge in [-0.1, -0.05) is 30.8 Å². The van der Waals surface area contributed by atoms with E-state index in [0.717, 1.165) is 92.3 Å². The molecule has 0 unspecified atom stereocenters. The standard InChI is InChI=1S/C36H41N7O/c1-9-31(44)39-34-21(2)10-15-28(24(34)5)33-32-23(4)29(30-19-38-42(8)25(30)6)18-37-36(32)40-35(33)26-11-13-27(14-12-26)43-17-16-41(7)22(3)20-43/h9-15,18-19,22H,1,16-17,20H2,2-8H3,(H,37,40)(H,39,44)/t22-/m0/s1. The summed E-state index contributed by atoms with van der Waals surface area (Å²) in [4.78, 5) is 25.9. The third kappa shape index (κ3) is 4.99. The zero-order valence-electron chi connectivity index (χ0n) is 26.7. The highest BCUT2D eigenvalue weighted by molar-refractivity contribution is 6.08. The molecule has 0 bridgehead atoms. The van der Waals surface area contributed by atoms with Crippen LogP contribution in [0.1, 0.15) is 29.3 Å². The Kier molecular flexibility index (Phi) is 7.63. The van der Waals surface area contributed by atoms with Crippen LogP contribution < -0.4 is 10.2 Å². The van der Waals surface area contributed by atoms with Crippen LogP contribution in [0.15, 0.2) is 61.4 Å². The van der Waals surface area contributed by atoms with E-state index >= 15 is 0 Å². The second-order valence-corrected chi connectivity index (χ2v) is 12.1. The number of rotatable bonds is 6. The second-order valence-electron chi connectivity index (χ2n) is 12.1. The number of fused-ring (bicyclic) bond motifs is 1. The highest BCUT2D eigenvalue weighted by Crippen LogP contribution is 2.44. The van der Waals surface area contributed by atoms with E-state index in [9.17, 15) is 4.79 Å². The first kappa shape index (κ1) is 29.4. The average Bonchev–Trinajstić information content (AvgIpc) is 3.57. The van der Waals surface area contributed by atoms with E-state index in [4.69, 9.17) is 4.98 Å². The molecule has 1 amide bonds. The summed E-state index contributed by atoms with van der Waals surface area (Å²) in [6, 6.07) is 13.6. The summed E-state index contributed by atoms with van der Waals surface area (Å²) in [7, 11) is 4.15. The van der Waals surface area contributed by atoms with Gasteiger partial charge in [-0.05, 0) is 87.7 Å². The van der Waals surface area contributed by atoms with Crippen LogP contribution in [0.3, 0.4) is 0 Å². The molecule has 1 fully saturated rings. The van der Waals surface area contributed by atoms with Gasteiger partial charge in [-0.3, -0.25) is 9.48 Å². The number of aromatic nitrogens is 4. The van der Waals surface area contributed by atoms with Gasteiger partial charge in [0.15, 0.2) is 0 Å². The lowest BCUT2D eigenvalue weighted by Gasteiger charge is -2.39. The molecule has 6 rings (SSSR count). The molecule has 0 aliphatic carbocycles. The van der Waals surface area contributed by atoms with Crippen molar-refractivity contribution in [2.75, 3.05) is 36.9 Å². The van der Waals surface area contributed by atoms with Gasteiger partial charge in [0.05, 0.1) is 11.9 Å². The first-order valence-electron chi connectivity index (χ1n) is 15.2. The Morgan fingerprint density at radius 2 is 1.73 bits per heavy atom. The smallest absolute Gasteiger partial charge is 0.247 e. The molecule has 226 valence electrons. The molecular formula is C36H41N7O. The van der Waals surface area contributed by atoms with Crippen molar-refractivity contribution in [3.63, 3.8) is 0 Å². The van der Waals surface area contributed by atoms with Crippen molar-refractivity contribution in [1.29, 1.82) is 0 Å². The van der Waals surface area contributed by atoms with Crippen LogP contribution in [-0.2, 0) is 11.8 Å². The number of nitrogens with zero attached hydrogens (tertiary/aromatic N) is 5. The fourth-order valence-corrected chi connectivity index (χ4v) is 6.44.